The van der Waals surface area contributed by atoms with Crippen molar-refractivity contribution in [1.82, 2.24) is 39.4 Å². The number of hydroxylamine groups is 1. The molecule has 3 aromatic carbocycles. The number of nitrogens with one attached hydrogen (secondary N) is 5. The Morgan fingerprint density at radius 2 is 1.74 bits per heavy atom. The molecule has 2 saturated carbocycles. The fourth-order valence-corrected chi connectivity index (χ4v) is 14.2. The van der Waals surface area contributed by atoms with Gasteiger partial charge in [0.05, 0.1) is 49.7 Å². The van der Waals surface area contributed by atoms with Crippen LogP contribution in [0.1, 0.15) is 111 Å². The van der Waals surface area contributed by atoms with Crippen LogP contribution < -0.4 is 34.2 Å². The number of amides is 1. The molecule has 6 heterocycles. The van der Waals surface area contributed by atoms with E-state index in [0.717, 1.165) is 89.0 Å². The lowest BCUT2D eigenvalue weighted by molar-refractivity contribution is -0.750. The van der Waals surface area contributed by atoms with Gasteiger partial charge in [0.2, 0.25) is 5.88 Å². The highest BCUT2D eigenvalue weighted by molar-refractivity contribution is 7.90. The number of hydrogen-bond donors (Lipinski definition) is 6. The third kappa shape index (κ3) is 11.6. The van der Waals surface area contributed by atoms with E-state index in [1.165, 1.54) is 56.0 Å². The second-order valence-corrected chi connectivity index (χ2v) is 25.2. The molecule has 430 valence electrons. The Kier molecular flexibility index (Phi) is 15.7. The number of carbonyl (C=O) groups excluding carboxylic acids is 1. The molecule has 4 aromatic heterocycles. The summed E-state index contributed by atoms with van der Waals surface area (Å²) in [7, 11) is -0.374. The zero-order chi connectivity index (χ0) is 57.0. The molecular weight excluding hydrogens is 1080 g/mol. The highest BCUT2D eigenvalue weighted by Crippen LogP contribution is 2.54. The van der Waals surface area contributed by atoms with E-state index in [1.807, 2.05) is 19.1 Å². The zero-order valence-corrected chi connectivity index (χ0v) is 48.1. The molecule has 4 aliphatic rings. The Morgan fingerprint density at radius 1 is 0.975 bits per heavy atom. The number of piperazine rings is 1. The smallest absolute Gasteiger partial charge is 0.268 e. The summed E-state index contributed by atoms with van der Waals surface area (Å²) in [5.41, 5.74) is 4.90. The van der Waals surface area contributed by atoms with Gasteiger partial charge in [-0.2, -0.15) is 4.98 Å². The van der Waals surface area contributed by atoms with Crippen LogP contribution in [0, 0.1) is 22.4 Å². The molecular formula is C59H71ClFN11O8S. The minimum absolute atomic E-state index is 0.00108. The second-order valence-electron chi connectivity index (χ2n) is 23.2. The van der Waals surface area contributed by atoms with Crippen molar-refractivity contribution < 1.29 is 42.0 Å². The number of sulfonamides is 1. The fourth-order valence-electron chi connectivity index (χ4n) is 12.9. The summed E-state index contributed by atoms with van der Waals surface area (Å²) in [5, 5.41) is 27.3. The molecule has 0 bridgehead atoms. The first-order chi connectivity index (χ1) is 38.8. The number of methoxy groups -OCH3 is 2. The summed E-state index contributed by atoms with van der Waals surface area (Å²) < 4.78 is 63.8. The van der Waals surface area contributed by atoms with Gasteiger partial charge < -0.3 is 49.8 Å². The van der Waals surface area contributed by atoms with Gasteiger partial charge in [-0.15, -0.1) is 0 Å². The van der Waals surface area contributed by atoms with Crippen molar-refractivity contribution in [2.45, 2.75) is 107 Å². The molecule has 22 heteroatoms. The summed E-state index contributed by atoms with van der Waals surface area (Å²) >= 11 is 6.41. The Balaban J connectivity index is 0.828. The number of pyridine rings is 2. The number of carbonyl (C=O) groups is 1. The monoisotopic (exact) mass is 1150 g/mol. The maximum absolute atomic E-state index is 15.0. The van der Waals surface area contributed by atoms with E-state index in [9.17, 15) is 23.5 Å². The molecule has 11 rings (SSSR count). The normalized spacial score (nSPS) is 21.3. The molecule has 1 spiro atoms. The Bertz CT molecular complexity index is 3570. The number of halogens is 2. The number of fused-ring (bicyclic) bond motifs is 2. The number of ether oxygens (including phenoxy) is 3. The average Bonchev–Trinajstić information content (AvgIpc) is 4.29. The standard InChI is InChI=1S/C59H71ClFN11O8S/c1-35(2)40-9-7-8-10-41(40)46-33-70(32-37-23-50(60)66-51(24-37)78-5)21-22-72(46)39-28-59(29-39)17-19-71(20-18-59)38-11-12-42(47(25-38)80-48-26-43-44(61)31-63-55(43)67-57(48)79-6)56(73)68-81(76,77)49-27-45(69(4)75)52(54-53(49)64-34-65-54)62-30-36-13-15-58(3,74)16-14-36/h7-12,23-27,31,34-36,39,46,62,69,74H,13-22,28-30,32-33H2,1-6H3,(H,63,67)(H,64,65)(H,68,73). The van der Waals surface area contributed by atoms with Crippen LogP contribution in [0.25, 0.3) is 22.1 Å². The maximum Gasteiger partial charge on any atom is 0.268 e. The van der Waals surface area contributed by atoms with Crippen molar-refractivity contribution in [3.05, 3.63) is 118 Å². The van der Waals surface area contributed by atoms with E-state index < -0.39 is 32.4 Å². The van der Waals surface area contributed by atoms with Gasteiger partial charge >= 0.3 is 0 Å². The van der Waals surface area contributed by atoms with Gasteiger partial charge in [0, 0.05) is 94.0 Å². The predicted octanol–water partition coefficient (Wildman–Crippen LogP) is 8.98. The number of H-pyrrole nitrogens is 2. The Morgan fingerprint density at radius 3 is 2.47 bits per heavy atom. The summed E-state index contributed by atoms with van der Waals surface area (Å²) in [4.78, 5) is 40.5. The first kappa shape index (κ1) is 56.3. The number of piperidine rings is 1. The van der Waals surface area contributed by atoms with E-state index in [0.29, 0.717) is 53.6 Å². The van der Waals surface area contributed by atoms with Crippen molar-refractivity contribution in [2.24, 2.45) is 11.3 Å². The third-order valence-electron chi connectivity index (χ3n) is 17.4. The Labute approximate surface area is 476 Å². The molecule has 1 amide bonds. The topological polar surface area (TPSA) is 231 Å². The molecule has 2 unspecified atom stereocenters. The zero-order valence-electron chi connectivity index (χ0n) is 46.6. The summed E-state index contributed by atoms with van der Waals surface area (Å²) in [5.74, 6) is -0.515. The van der Waals surface area contributed by atoms with Gasteiger partial charge in [-0.1, -0.05) is 49.7 Å². The predicted molar refractivity (Wildman–Crippen MR) is 309 cm³/mol. The van der Waals surface area contributed by atoms with Crippen LogP contribution in [-0.2, 0) is 16.6 Å². The molecule has 19 nitrogen and oxygen atoms in total. The van der Waals surface area contributed by atoms with Crippen molar-refractivity contribution in [3.63, 3.8) is 0 Å². The molecule has 7 aromatic rings. The molecule has 2 aliphatic carbocycles. The molecule has 81 heavy (non-hydrogen) atoms. The SMILES string of the molecule is COc1cc(CN2CCN(C3CC4(CCN(c5ccc(C(=O)NS(=O)(=O)c6cc([NH+](C)[O-])c(NCC7CCC(C)(O)CC7)c7[nH]cnc67)c(Oc6cc7c(F)c[nH]c7nc6OC)c5)CC4)C3)C(c3ccccc3C(C)C)C2)cc(Cl)n1. The van der Waals surface area contributed by atoms with E-state index in [2.05, 4.69) is 87.8 Å². The first-order valence-electron chi connectivity index (χ1n) is 27.9. The van der Waals surface area contributed by atoms with Crippen LogP contribution in [0.15, 0.2) is 84.1 Å². The van der Waals surface area contributed by atoms with Crippen LogP contribution >= 0.6 is 11.6 Å². The third-order valence-corrected chi connectivity index (χ3v) is 18.9. The van der Waals surface area contributed by atoms with E-state index >= 15 is 4.39 Å². The van der Waals surface area contributed by atoms with Crippen molar-refractivity contribution in [3.8, 4) is 23.3 Å². The van der Waals surface area contributed by atoms with Gasteiger partial charge in [-0.3, -0.25) is 14.6 Å². The lowest BCUT2D eigenvalue weighted by atomic mass is 9.59. The summed E-state index contributed by atoms with van der Waals surface area (Å²) in [6.07, 6.45) is 9.42. The second kappa shape index (κ2) is 22.6. The largest absolute Gasteiger partial charge is 0.629 e. The van der Waals surface area contributed by atoms with Gasteiger partial charge in [-0.25, -0.2) is 27.5 Å². The molecule has 4 fully saturated rings. The maximum atomic E-state index is 15.0. The highest BCUT2D eigenvalue weighted by Gasteiger charge is 2.50. The number of nitrogens with zero attached hydrogens (tertiary/aromatic N) is 6. The van der Waals surface area contributed by atoms with Crippen LogP contribution in [-0.4, -0.2) is 126 Å². The number of hydrogen-bond acceptors (Lipinski definition) is 15. The van der Waals surface area contributed by atoms with Crippen LogP contribution in [0.2, 0.25) is 5.15 Å². The van der Waals surface area contributed by atoms with Crippen molar-refractivity contribution >= 4 is 66.7 Å². The molecule has 2 atom stereocenters. The van der Waals surface area contributed by atoms with Crippen molar-refractivity contribution in [2.75, 3.05) is 70.8 Å². The van der Waals surface area contributed by atoms with E-state index in [1.54, 1.807) is 19.2 Å². The number of aromatic nitrogens is 5. The number of imidazole rings is 1. The summed E-state index contributed by atoms with van der Waals surface area (Å²) in [6.45, 7) is 11.8. The van der Waals surface area contributed by atoms with Crippen LogP contribution in [0.5, 0.6) is 23.3 Å². The number of rotatable bonds is 17. The molecule has 0 radical (unpaired) electrons. The minimum atomic E-state index is -4.72. The number of aromatic amines is 2. The minimum Gasteiger partial charge on any atom is -0.629 e. The quantitative estimate of drug-likeness (QED) is 0.0369. The Hall–Kier alpha value is -6.59. The van der Waals surface area contributed by atoms with Gasteiger partial charge in [0.1, 0.15) is 38.5 Å². The molecule has 2 saturated heterocycles. The first-order valence-corrected chi connectivity index (χ1v) is 29.8. The van der Waals surface area contributed by atoms with E-state index in [4.69, 9.17) is 25.8 Å². The average molecular weight is 1150 g/mol. The number of quaternary nitrogens is 1. The molecule has 2 aliphatic heterocycles. The summed E-state index contributed by atoms with van der Waals surface area (Å²) in [6, 6.07) is 21.0. The highest BCUT2D eigenvalue weighted by atomic mass is 35.5. The number of aliphatic hydroxyl groups is 1. The fraction of sp³-hybridized carbons (Fsp3) is 0.458. The lowest BCUT2D eigenvalue weighted by Crippen LogP contribution is -2.98. The van der Waals surface area contributed by atoms with Gasteiger partial charge in [0.25, 0.3) is 21.8 Å². The number of anilines is 2. The van der Waals surface area contributed by atoms with Crippen LogP contribution in [0.3, 0.4) is 0 Å². The van der Waals surface area contributed by atoms with Crippen molar-refractivity contribution in [1.29, 1.82) is 0 Å². The lowest BCUT2D eigenvalue weighted by Gasteiger charge is -2.58. The van der Waals surface area contributed by atoms with Gasteiger partial charge in [-0.05, 0) is 110 Å². The van der Waals surface area contributed by atoms with Crippen LogP contribution in [0.4, 0.5) is 21.5 Å². The molecule has 6 N–H and O–H groups in total. The van der Waals surface area contributed by atoms with E-state index in [-0.39, 0.29) is 67.5 Å². The number of benzene rings is 3. The van der Waals surface area contributed by atoms with Gasteiger partial charge in [0.15, 0.2) is 11.4 Å².